The Labute approximate surface area is 144 Å². The third-order valence-electron chi connectivity index (χ3n) is 3.98. The van der Waals surface area contributed by atoms with Gasteiger partial charge in [-0.05, 0) is 30.5 Å². The predicted molar refractivity (Wildman–Crippen MR) is 94.8 cm³/mol. The number of aliphatic hydroxyl groups is 2. The van der Waals surface area contributed by atoms with Gasteiger partial charge in [0, 0.05) is 0 Å². The van der Waals surface area contributed by atoms with Gasteiger partial charge in [0.2, 0.25) is 0 Å². The van der Waals surface area contributed by atoms with Crippen molar-refractivity contribution in [1.82, 2.24) is 0 Å². The normalized spacial score (nSPS) is 15.0. The van der Waals surface area contributed by atoms with E-state index < -0.39 is 6.10 Å². The van der Waals surface area contributed by atoms with Crippen molar-refractivity contribution in [3.8, 4) is 0 Å². The van der Waals surface area contributed by atoms with E-state index in [1.807, 2.05) is 47.8 Å². The van der Waals surface area contributed by atoms with Crippen LogP contribution in [0.2, 0.25) is 0 Å². The molecule has 2 aromatic rings. The largest absolute Gasteiger partial charge is 0.388 e. The molecule has 4 heteroatoms. The third kappa shape index (κ3) is 5.73. The Morgan fingerprint density at radius 1 is 0.958 bits per heavy atom. The first kappa shape index (κ1) is 18.6. The minimum Gasteiger partial charge on any atom is -0.388 e. The van der Waals surface area contributed by atoms with Gasteiger partial charge < -0.3 is 20.3 Å². The molecule has 4 nitrogen and oxygen atoms in total. The number of hydrogen-bond acceptors (Lipinski definition) is 3. The molecule has 0 radical (unpaired) electrons. The smallest absolute Gasteiger partial charge is 0.126 e. The van der Waals surface area contributed by atoms with Crippen molar-refractivity contribution >= 4 is 0 Å². The van der Waals surface area contributed by atoms with Crippen molar-refractivity contribution in [2.45, 2.75) is 32.2 Å². The molecular formula is C20H28NO3+. The first-order valence-corrected chi connectivity index (χ1v) is 8.47. The van der Waals surface area contributed by atoms with Gasteiger partial charge in [0.15, 0.2) is 0 Å². The Balaban J connectivity index is 2.04. The van der Waals surface area contributed by atoms with E-state index >= 15 is 0 Å². The van der Waals surface area contributed by atoms with Crippen LogP contribution in [0, 0.1) is 6.92 Å². The summed E-state index contributed by atoms with van der Waals surface area (Å²) in [7, 11) is 0. The molecule has 24 heavy (non-hydrogen) atoms. The number of nitrogens with two attached hydrogens (primary N) is 1. The Kier molecular flexibility index (Phi) is 7.40. The van der Waals surface area contributed by atoms with Crippen molar-refractivity contribution in [2.24, 2.45) is 0 Å². The standard InChI is InChI=1S/C20H27NO3/c1-15-8-6-7-11-19(15)20(17-9-4-3-5-10-17)24-14-18(23)13-21-12-16(2)22/h3-11,16,18,20-23H,12-14H2,1-2H3/p+1/t16-,18-,20+/m1/s1. The second kappa shape index (κ2) is 9.55. The van der Waals surface area contributed by atoms with Crippen LogP contribution in [0.25, 0.3) is 0 Å². The summed E-state index contributed by atoms with van der Waals surface area (Å²) in [6, 6.07) is 18.2. The van der Waals surface area contributed by atoms with Crippen LogP contribution in [0.5, 0.6) is 0 Å². The average molecular weight is 330 g/mol. The zero-order valence-corrected chi connectivity index (χ0v) is 14.4. The molecule has 130 valence electrons. The first-order valence-electron chi connectivity index (χ1n) is 8.47. The van der Waals surface area contributed by atoms with Gasteiger partial charge in [0.05, 0.1) is 12.7 Å². The molecule has 3 atom stereocenters. The highest BCUT2D eigenvalue weighted by atomic mass is 16.5. The van der Waals surface area contributed by atoms with Crippen LogP contribution >= 0.6 is 0 Å². The molecule has 0 unspecified atom stereocenters. The van der Waals surface area contributed by atoms with Crippen molar-refractivity contribution in [1.29, 1.82) is 0 Å². The van der Waals surface area contributed by atoms with Crippen molar-refractivity contribution in [3.63, 3.8) is 0 Å². The summed E-state index contributed by atoms with van der Waals surface area (Å²) in [5.41, 5.74) is 3.36. The predicted octanol–water partition coefficient (Wildman–Crippen LogP) is 1.41. The number of aliphatic hydroxyl groups excluding tert-OH is 2. The summed E-state index contributed by atoms with van der Waals surface area (Å²) >= 11 is 0. The zero-order valence-electron chi connectivity index (χ0n) is 14.4. The maximum atomic E-state index is 10.1. The average Bonchev–Trinajstić information content (AvgIpc) is 2.57. The summed E-state index contributed by atoms with van der Waals surface area (Å²) < 4.78 is 6.08. The van der Waals surface area contributed by atoms with E-state index in [2.05, 4.69) is 19.1 Å². The van der Waals surface area contributed by atoms with E-state index in [1.165, 1.54) is 5.56 Å². The van der Waals surface area contributed by atoms with E-state index in [1.54, 1.807) is 6.92 Å². The van der Waals surface area contributed by atoms with Gasteiger partial charge in [-0.1, -0.05) is 54.6 Å². The molecule has 0 fully saturated rings. The molecule has 0 aliphatic carbocycles. The fourth-order valence-corrected chi connectivity index (χ4v) is 2.68. The van der Waals surface area contributed by atoms with Crippen LogP contribution in [0.4, 0.5) is 0 Å². The molecule has 0 aliphatic rings. The van der Waals surface area contributed by atoms with Crippen LogP contribution in [0.15, 0.2) is 54.6 Å². The van der Waals surface area contributed by atoms with E-state index in [4.69, 9.17) is 4.74 Å². The van der Waals surface area contributed by atoms with Gasteiger partial charge in [-0.15, -0.1) is 0 Å². The van der Waals surface area contributed by atoms with Gasteiger partial charge in [0.25, 0.3) is 0 Å². The summed E-state index contributed by atoms with van der Waals surface area (Å²) in [4.78, 5) is 0. The van der Waals surface area contributed by atoms with Crippen LogP contribution in [0.3, 0.4) is 0 Å². The SMILES string of the molecule is Cc1ccccc1[C@@H](OC[C@H](O)C[NH2+]C[C@@H](C)O)c1ccccc1. The highest BCUT2D eigenvalue weighted by Crippen LogP contribution is 2.28. The lowest BCUT2D eigenvalue weighted by atomic mass is 9.97. The Hall–Kier alpha value is -1.72. The fourth-order valence-electron chi connectivity index (χ4n) is 2.68. The Morgan fingerprint density at radius 2 is 1.62 bits per heavy atom. The highest BCUT2D eigenvalue weighted by Gasteiger charge is 2.18. The molecule has 0 amide bonds. The van der Waals surface area contributed by atoms with Crippen LogP contribution in [-0.2, 0) is 4.74 Å². The molecule has 0 aromatic heterocycles. The van der Waals surface area contributed by atoms with E-state index in [-0.39, 0.29) is 18.8 Å². The molecular weight excluding hydrogens is 302 g/mol. The van der Waals surface area contributed by atoms with Crippen LogP contribution in [-0.4, -0.2) is 42.1 Å². The summed E-state index contributed by atoms with van der Waals surface area (Å²) in [5.74, 6) is 0. The monoisotopic (exact) mass is 330 g/mol. The second-order valence-corrected chi connectivity index (χ2v) is 6.24. The number of rotatable bonds is 9. The van der Waals surface area contributed by atoms with Gasteiger partial charge in [0.1, 0.15) is 25.3 Å². The first-order chi connectivity index (χ1) is 11.6. The van der Waals surface area contributed by atoms with Crippen molar-refractivity contribution in [3.05, 3.63) is 71.3 Å². The molecule has 0 heterocycles. The molecule has 4 N–H and O–H groups in total. The van der Waals surface area contributed by atoms with E-state index in [0.717, 1.165) is 11.1 Å². The van der Waals surface area contributed by atoms with Gasteiger partial charge in [-0.3, -0.25) is 0 Å². The Morgan fingerprint density at radius 3 is 2.29 bits per heavy atom. The minimum atomic E-state index is -0.570. The Bertz CT molecular complexity index is 601. The number of hydrogen-bond donors (Lipinski definition) is 3. The second-order valence-electron chi connectivity index (χ2n) is 6.24. The fraction of sp³-hybridized carbons (Fsp3) is 0.400. The number of benzene rings is 2. The summed E-state index contributed by atoms with van der Waals surface area (Å²) in [6.07, 6.45) is -1.14. The lowest BCUT2D eigenvalue weighted by molar-refractivity contribution is -0.666. The lowest BCUT2D eigenvalue weighted by Gasteiger charge is -2.22. The molecule has 0 saturated heterocycles. The molecule has 2 aromatic carbocycles. The van der Waals surface area contributed by atoms with Crippen LogP contribution < -0.4 is 5.32 Å². The highest BCUT2D eigenvalue weighted by molar-refractivity contribution is 5.35. The van der Waals surface area contributed by atoms with Gasteiger partial charge in [-0.2, -0.15) is 0 Å². The number of quaternary nitrogens is 1. The molecule has 0 bridgehead atoms. The third-order valence-corrected chi connectivity index (χ3v) is 3.98. The lowest BCUT2D eigenvalue weighted by Crippen LogP contribution is -2.88. The van der Waals surface area contributed by atoms with Gasteiger partial charge in [-0.25, -0.2) is 0 Å². The molecule has 2 rings (SSSR count). The maximum Gasteiger partial charge on any atom is 0.126 e. The van der Waals surface area contributed by atoms with Crippen molar-refractivity contribution in [2.75, 3.05) is 19.7 Å². The van der Waals surface area contributed by atoms with Crippen molar-refractivity contribution < 1.29 is 20.3 Å². The van der Waals surface area contributed by atoms with E-state index in [0.29, 0.717) is 13.1 Å². The summed E-state index contributed by atoms with van der Waals surface area (Å²) in [5, 5.41) is 21.3. The maximum absolute atomic E-state index is 10.1. The molecule has 0 saturated carbocycles. The molecule has 0 aliphatic heterocycles. The number of ether oxygens (including phenoxy) is 1. The van der Waals surface area contributed by atoms with E-state index in [9.17, 15) is 10.2 Å². The minimum absolute atomic E-state index is 0.196. The van der Waals surface area contributed by atoms with Gasteiger partial charge >= 0.3 is 0 Å². The summed E-state index contributed by atoms with van der Waals surface area (Å²) in [6.45, 7) is 5.16. The van der Waals surface area contributed by atoms with Crippen LogP contribution in [0.1, 0.15) is 29.7 Å². The topological polar surface area (TPSA) is 66.3 Å². The molecule has 0 spiro atoms. The quantitative estimate of drug-likeness (QED) is 0.651. The number of aryl methyl sites for hydroxylation is 1. The zero-order chi connectivity index (χ0) is 17.4.